The zero-order valence-corrected chi connectivity index (χ0v) is 16.1. The van der Waals surface area contributed by atoms with Crippen LogP contribution in [0.15, 0.2) is 49.3 Å². The molecule has 2 bridgehead atoms. The number of fused-ring (bicyclic) bond motifs is 5. The molecule has 0 N–H and O–H groups in total. The summed E-state index contributed by atoms with van der Waals surface area (Å²) in [6.45, 7) is 0. The molecule has 4 unspecified atom stereocenters. The zero-order valence-electron chi connectivity index (χ0n) is 16.1. The highest BCUT2D eigenvalue weighted by Crippen LogP contribution is 2.55. The monoisotopic (exact) mass is 392 g/mol. The third kappa shape index (κ3) is 2.91. The number of imidazole rings is 2. The Kier molecular flexibility index (Phi) is 4.01. The standard InChI is InChI=1S/C21H20N4O4/c1-24-8-16(22-10-24)20(26)28-18-14-7-15(13-6-4-3-5-12(13)14)19(18)29-21(27)17-9-25(2)11-23-17/h3-6,8-11,14-15,18-19H,7H2,1-2H3. The van der Waals surface area contributed by atoms with Crippen molar-refractivity contribution in [3.05, 3.63) is 71.8 Å². The second-order valence-corrected chi connectivity index (χ2v) is 7.67. The highest BCUT2D eigenvalue weighted by atomic mass is 16.6. The number of hydrogen-bond acceptors (Lipinski definition) is 6. The van der Waals surface area contributed by atoms with Gasteiger partial charge in [0.25, 0.3) is 0 Å². The van der Waals surface area contributed by atoms with E-state index in [0.717, 1.165) is 17.5 Å². The van der Waals surface area contributed by atoms with Crippen LogP contribution in [0.25, 0.3) is 0 Å². The van der Waals surface area contributed by atoms with Crippen LogP contribution in [0.5, 0.6) is 0 Å². The largest absolute Gasteiger partial charge is 0.453 e. The zero-order chi connectivity index (χ0) is 20.1. The van der Waals surface area contributed by atoms with Gasteiger partial charge < -0.3 is 18.6 Å². The lowest BCUT2D eigenvalue weighted by molar-refractivity contribution is -0.0354. The van der Waals surface area contributed by atoms with E-state index < -0.39 is 24.1 Å². The van der Waals surface area contributed by atoms with Crippen molar-refractivity contribution >= 4 is 11.9 Å². The average molecular weight is 392 g/mol. The number of benzene rings is 1. The number of rotatable bonds is 4. The molecule has 0 saturated heterocycles. The van der Waals surface area contributed by atoms with Gasteiger partial charge in [0, 0.05) is 38.3 Å². The van der Waals surface area contributed by atoms with E-state index in [2.05, 4.69) is 22.1 Å². The number of esters is 2. The number of carbonyl (C=O) groups is 2. The first-order valence-corrected chi connectivity index (χ1v) is 9.48. The van der Waals surface area contributed by atoms with Crippen LogP contribution in [-0.2, 0) is 23.6 Å². The molecular weight excluding hydrogens is 372 g/mol. The molecule has 1 fully saturated rings. The van der Waals surface area contributed by atoms with Crippen LogP contribution in [0, 0.1) is 0 Å². The molecule has 2 aromatic heterocycles. The number of aromatic nitrogens is 4. The van der Waals surface area contributed by atoms with Gasteiger partial charge >= 0.3 is 11.9 Å². The molecule has 2 aliphatic carbocycles. The van der Waals surface area contributed by atoms with Gasteiger partial charge in [-0.2, -0.15) is 0 Å². The van der Waals surface area contributed by atoms with E-state index in [4.69, 9.17) is 9.47 Å². The van der Waals surface area contributed by atoms with E-state index in [-0.39, 0.29) is 23.2 Å². The van der Waals surface area contributed by atoms with E-state index in [0.29, 0.717) is 0 Å². The van der Waals surface area contributed by atoms with Gasteiger partial charge in [-0.25, -0.2) is 19.6 Å². The van der Waals surface area contributed by atoms with Gasteiger partial charge in [-0.1, -0.05) is 24.3 Å². The lowest BCUT2D eigenvalue weighted by atomic mass is 9.87. The van der Waals surface area contributed by atoms with E-state index in [9.17, 15) is 9.59 Å². The van der Waals surface area contributed by atoms with Gasteiger partial charge in [-0.05, 0) is 17.5 Å². The smallest absolute Gasteiger partial charge is 0.358 e. The average Bonchev–Trinajstić information content (AvgIpc) is 3.47. The van der Waals surface area contributed by atoms with Gasteiger partial charge in [0.1, 0.15) is 12.2 Å². The summed E-state index contributed by atoms with van der Waals surface area (Å²) in [5.74, 6) is -1.05. The summed E-state index contributed by atoms with van der Waals surface area (Å²) in [6.07, 6.45) is 5.97. The maximum atomic E-state index is 12.7. The summed E-state index contributed by atoms with van der Waals surface area (Å²) in [7, 11) is 3.57. The van der Waals surface area contributed by atoms with Crippen molar-refractivity contribution in [3.8, 4) is 0 Å². The minimum Gasteiger partial charge on any atom is -0.453 e. The van der Waals surface area contributed by atoms with Crippen LogP contribution >= 0.6 is 0 Å². The van der Waals surface area contributed by atoms with Gasteiger partial charge in [0.05, 0.1) is 12.7 Å². The minimum atomic E-state index is -0.558. The van der Waals surface area contributed by atoms with Crippen LogP contribution < -0.4 is 0 Å². The first-order chi connectivity index (χ1) is 14.0. The third-order valence-electron chi connectivity index (χ3n) is 5.73. The Labute approximate surface area is 167 Å². The fourth-order valence-electron chi connectivity index (χ4n) is 4.50. The lowest BCUT2D eigenvalue weighted by Crippen LogP contribution is -2.39. The van der Waals surface area contributed by atoms with Crippen molar-refractivity contribution in [3.63, 3.8) is 0 Å². The summed E-state index contributed by atoms with van der Waals surface area (Å²) in [5, 5.41) is 0. The molecule has 5 rings (SSSR count). The summed E-state index contributed by atoms with van der Waals surface area (Å²) in [4.78, 5) is 33.4. The van der Waals surface area contributed by atoms with Crippen LogP contribution in [0.2, 0.25) is 0 Å². The molecule has 0 aliphatic heterocycles. The van der Waals surface area contributed by atoms with Crippen molar-refractivity contribution in [2.75, 3.05) is 0 Å². The van der Waals surface area contributed by atoms with Crippen LogP contribution in [0.4, 0.5) is 0 Å². The Bertz CT molecular complexity index is 1020. The summed E-state index contributed by atoms with van der Waals surface area (Å²) in [6, 6.07) is 8.06. The van der Waals surface area contributed by atoms with Crippen LogP contribution in [0.3, 0.4) is 0 Å². The Hall–Kier alpha value is -3.42. The predicted octanol–water partition coefficient (Wildman–Crippen LogP) is 2.19. The maximum absolute atomic E-state index is 12.7. The molecule has 2 aliphatic rings. The molecule has 4 atom stereocenters. The predicted molar refractivity (Wildman–Crippen MR) is 101 cm³/mol. The van der Waals surface area contributed by atoms with E-state index in [1.165, 1.54) is 0 Å². The lowest BCUT2D eigenvalue weighted by Gasteiger charge is -2.31. The van der Waals surface area contributed by atoms with Gasteiger partial charge in [-0.3, -0.25) is 0 Å². The SMILES string of the molecule is Cn1cnc(C(=O)OC2C3CC(c4ccccc43)C2OC(=O)c2cn(C)cn2)c1. The molecule has 0 spiro atoms. The quantitative estimate of drug-likeness (QED) is 0.633. The van der Waals surface area contributed by atoms with Crippen LogP contribution in [-0.4, -0.2) is 43.2 Å². The van der Waals surface area contributed by atoms with Crippen molar-refractivity contribution < 1.29 is 19.1 Å². The van der Waals surface area contributed by atoms with Crippen molar-refractivity contribution in [2.24, 2.45) is 14.1 Å². The molecule has 8 heteroatoms. The van der Waals surface area contributed by atoms with Crippen molar-refractivity contribution in [1.82, 2.24) is 19.1 Å². The van der Waals surface area contributed by atoms with Gasteiger partial charge in [0.2, 0.25) is 0 Å². The third-order valence-corrected chi connectivity index (χ3v) is 5.73. The van der Waals surface area contributed by atoms with Crippen molar-refractivity contribution in [1.29, 1.82) is 0 Å². The topological polar surface area (TPSA) is 88.2 Å². The van der Waals surface area contributed by atoms with Crippen LogP contribution in [0.1, 0.15) is 50.4 Å². The highest BCUT2D eigenvalue weighted by molar-refractivity contribution is 5.88. The Morgan fingerprint density at radius 2 is 1.31 bits per heavy atom. The molecule has 1 aromatic carbocycles. The molecule has 8 nitrogen and oxygen atoms in total. The number of carbonyl (C=O) groups excluding carboxylic acids is 2. The summed E-state index contributed by atoms with van der Waals surface area (Å²) >= 11 is 0. The molecule has 29 heavy (non-hydrogen) atoms. The van der Waals surface area contributed by atoms with E-state index in [1.54, 1.807) is 48.3 Å². The molecule has 2 heterocycles. The molecular formula is C21H20N4O4. The summed E-state index contributed by atoms with van der Waals surface area (Å²) in [5.41, 5.74) is 2.78. The molecule has 148 valence electrons. The summed E-state index contributed by atoms with van der Waals surface area (Å²) < 4.78 is 15.0. The molecule has 1 saturated carbocycles. The van der Waals surface area contributed by atoms with Gasteiger partial charge in [-0.15, -0.1) is 0 Å². The highest BCUT2D eigenvalue weighted by Gasteiger charge is 2.55. The second-order valence-electron chi connectivity index (χ2n) is 7.67. The number of ether oxygens (including phenoxy) is 2. The normalized spacial score (nSPS) is 24.3. The second kappa shape index (κ2) is 6.58. The van der Waals surface area contributed by atoms with Gasteiger partial charge in [0.15, 0.2) is 11.4 Å². The van der Waals surface area contributed by atoms with E-state index >= 15 is 0 Å². The first-order valence-electron chi connectivity index (χ1n) is 9.48. The Morgan fingerprint density at radius 3 is 1.69 bits per heavy atom. The fraction of sp³-hybridized carbons (Fsp3) is 0.333. The maximum Gasteiger partial charge on any atom is 0.358 e. The fourth-order valence-corrected chi connectivity index (χ4v) is 4.50. The number of aryl methyl sites for hydroxylation is 2. The van der Waals surface area contributed by atoms with Crippen molar-refractivity contribution in [2.45, 2.75) is 30.5 Å². The molecule has 3 aromatic rings. The first kappa shape index (κ1) is 17.7. The minimum absolute atomic E-state index is 0.00889. The number of nitrogens with zero attached hydrogens (tertiary/aromatic N) is 4. The molecule has 0 radical (unpaired) electrons. The number of hydrogen-bond donors (Lipinski definition) is 0. The van der Waals surface area contributed by atoms with E-state index in [1.807, 2.05) is 12.1 Å². The Balaban J connectivity index is 1.44. The Morgan fingerprint density at radius 1 is 0.862 bits per heavy atom. The molecule has 0 amide bonds.